The van der Waals surface area contributed by atoms with Gasteiger partial charge in [-0.25, -0.2) is 15.0 Å². The van der Waals surface area contributed by atoms with Crippen LogP contribution in [0.1, 0.15) is 41.6 Å². The molecule has 8 heteroatoms. The van der Waals surface area contributed by atoms with Gasteiger partial charge in [-0.15, -0.1) is 0 Å². The van der Waals surface area contributed by atoms with E-state index in [4.69, 9.17) is 0 Å². The van der Waals surface area contributed by atoms with Gasteiger partial charge in [0.05, 0.1) is 10.5 Å². The number of rotatable bonds is 2. The number of amides is 1. The van der Waals surface area contributed by atoms with Gasteiger partial charge in [0.25, 0.3) is 5.91 Å². The first-order chi connectivity index (χ1) is 12.1. The molecule has 3 aromatic rings. The summed E-state index contributed by atoms with van der Waals surface area (Å²) >= 11 is 3.31. The molecular formula is C17H15BrFN5O. The average molecular weight is 404 g/mol. The molecule has 1 aliphatic rings. The van der Waals surface area contributed by atoms with E-state index in [9.17, 15) is 9.18 Å². The lowest BCUT2D eigenvalue weighted by Crippen LogP contribution is -2.39. The Morgan fingerprint density at radius 3 is 2.80 bits per heavy atom. The predicted octanol–water partition coefficient (Wildman–Crippen LogP) is 3.39. The van der Waals surface area contributed by atoms with Crippen molar-refractivity contribution < 1.29 is 9.18 Å². The molecule has 3 aromatic heterocycles. The minimum absolute atomic E-state index is 0.157. The van der Waals surface area contributed by atoms with E-state index in [1.165, 1.54) is 4.40 Å². The summed E-state index contributed by atoms with van der Waals surface area (Å²) in [7, 11) is 0. The second-order valence-electron chi connectivity index (χ2n) is 5.95. The van der Waals surface area contributed by atoms with Crippen LogP contribution in [0.5, 0.6) is 0 Å². The Kier molecular flexibility index (Phi) is 4.20. The lowest BCUT2D eigenvalue weighted by atomic mass is 10.0. The van der Waals surface area contributed by atoms with Crippen LogP contribution < -0.4 is 0 Å². The van der Waals surface area contributed by atoms with Crippen molar-refractivity contribution in [2.45, 2.75) is 25.3 Å². The van der Waals surface area contributed by atoms with Crippen LogP contribution in [0.25, 0.3) is 5.65 Å². The Bertz CT molecular complexity index is 926. The normalized spacial score (nSPS) is 17.8. The lowest BCUT2D eigenvalue weighted by molar-refractivity contribution is 0.0589. The van der Waals surface area contributed by atoms with Crippen LogP contribution in [-0.2, 0) is 0 Å². The molecule has 0 N–H and O–H groups in total. The summed E-state index contributed by atoms with van der Waals surface area (Å²) in [4.78, 5) is 27.4. The maximum Gasteiger partial charge on any atom is 0.277 e. The van der Waals surface area contributed by atoms with Crippen molar-refractivity contribution in [1.82, 2.24) is 24.3 Å². The van der Waals surface area contributed by atoms with Crippen molar-refractivity contribution >= 4 is 27.5 Å². The maximum atomic E-state index is 14.6. The topological polar surface area (TPSA) is 63.4 Å². The van der Waals surface area contributed by atoms with Gasteiger partial charge in [0.1, 0.15) is 5.65 Å². The molecule has 0 aliphatic carbocycles. The van der Waals surface area contributed by atoms with Crippen LogP contribution in [0.3, 0.4) is 0 Å². The van der Waals surface area contributed by atoms with E-state index in [0.29, 0.717) is 18.0 Å². The van der Waals surface area contributed by atoms with Crippen molar-refractivity contribution in [3.63, 3.8) is 0 Å². The zero-order valence-corrected chi connectivity index (χ0v) is 14.9. The summed E-state index contributed by atoms with van der Waals surface area (Å²) in [5.74, 6) is -0.487. The van der Waals surface area contributed by atoms with Gasteiger partial charge in [-0.3, -0.25) is 9.20 Å². The fourth-order valence-corrected chi connectivity index (χ4v) is 3.38. The number of pyridine rings is 1. The fraction of sp³-hybridized carbons (Fsp3) is 0.294. The number of halogens is 2. The Morgan fingerprint density at radius 2 is 2.04 bits per heavy atom. The minimum Gasteiger partial charge on any atom is -0.327 e. The van der Waals surface area contributed by atoms with Crippen molar-refractivity contribution in [2.75, 3.05) is 6.54 Å². The molecule has 1 amide bonds. The number of carbonyl (C=O) groups is 1. The van der Waals surface area contributed by atoms with Gasteiger partial charge in [0.2, 0.25) is 5.95 Å². The Morgan fingerprint density at radius 1 is 1.24 bits per heavy atom. The minimum atomic E-state index is -0.637. The molecule has 1 unspecified atom stereocenters. The first-order valence-corrected chi connectivity index (χ1v) is 8.85. The molecule has 1 aliphatic heterocycles. The average Bonchev–Trinajstić information content (AvgIpc) is 2.99. The second-order valence-corrected chi connectivity index (χ2v) is 6.87. The molecule has 1 atom stereocenters. The molecule has 128 valence electrons. The summed E-state index contributed by atoms with van der Waals surface area (Å²) in [5.41, 5.74) is 0.256. The number of fused-ring (bicyclic) bond motifs is 1. The number of imidazole rings is 1. The van der Waals surface area contributed by atoms with Crippen molar-refractivity contribution in [3.8, 4) is 0 Å². The quantitative estimate of drug-likeness (QED) is 0.657. The van der Waals surface area contributed by atoms with Crippen LogP contribution in [0.15, 0.2) is 41.3 Å². The Balaban J connectivity index is 1.71. The van der Waals surface area contributed by atoms with Crippen LogP contribution >= 0.6 is 15.9 Å². The van der Waals surface area contributed by atoms with E-state index < -0.39 is 11.9 Å². The highest BCUT2D eigenvalue weighted by Gasteiger charge is 2.33. The van der Waals surface area contributed by atoms with Gasteiger partial charge in [0, 0.05) is 25.1 Å². The van der Waals surface area contributed by atoms with Crippen molar-refractivity contribution in [2.24, 2.45) is 0 Å². The lowest BCUT2D eigenvalue weighted by Gasteiger charge is -2.34. The van der Waals surface area contributed by atoms with Crippen LogP contribution in [0.4, 0.5) is 4.39 Å². The van der Waals surface area contributed by atoms with E-state index >= 15 is 0 Å². The second kappa shape index (κ2) is 6.51. The van der Waals surface area contributed by atoms with E-state index in [0.717, 1.165) is 23.7 Å². The van der Waals surface area contributed by atoms with Crippen LogP contribution in [0.2, 0.25) is 0 Å². The summed E-state index contributed by atoms with van der Waals surface area (Å²) in [6, 6.07) is 4.87. The molecule has 0 spiro atoms. The first kappa shape index (κ1) is 16.1. The highest BCUT2D eigenvalue weighted by atomic mass is 79.9. The summed E-state index contributed by atoms with van der Waals surface area (Å²) in [6.07, 6.45) is 7.47. The molecule has 4 heterocycles. The highest BCUT2D eigenvalue weighted by Crippen LogP contribution is 2.30. The first-order valence-electron chi connectivity index (χ1n) is 8.06. The van der Waals surface area contributed by atoms with Crippen molar-refractivity contribution in [3.05, 3.63) is 58.7 Å². The largest absolute Gasteiger partial charge is 0.327 e. The van der Waals surface area contributed by atoms with Crippen molar-refractivity contribution in [1.29, 1.82) is 0 Å². The molecule has 25 heavy (non-hydrogen) atoms. The van der Waals surface area contributed by atoms with E-state index in [1.807, 2.05) is 0 Å². The predicted molar refractivity (Wildman–Crippen MR) is 92.5 cm³/mol. The molecule has 6 nitrogen and oxygen atoms in total. The zero-order valence-electron chi connectivity index (χ0n) is 13.3. The number of hydrogen-bond acceptors (Lipinski definition) is 4. The summed E-state index contributed by atoms with van der Waals surface area (Å²) in [5, 5.41) is 0. The highest BCUT2D eigenvalue weighted by molar-refractivity contribution is 9.10. The number of hydrogen-bond donors (Lipinski definition) is 0. The van der Waals surface area contributed by atoms with Crippen LogP contribution in [-0.4, -0.2) is 36.7 Å². The zero-order chi connectivity index (χ0) is 17.4. The van der Waals surface area contributed by atoms with Gasteiger partial charge in [-0.1, -0.05) is 6.07 Å². The Hall–Kier alpha value is -2.35. The summed E-state index contributed by atoms with van der Waals surface area (Å²) in [6.45, 7) is 0.538. The molecule has 0 bridgehead atoms. The smallest absolute Gasteiger partial charge is 0.277 e. The third-order valence-corrected chi connectivity index (χ3v) is 4.79. The SMILES string of the molecule is O=C(c1nc2ccccn2c1F)N1CCCCC1c1ncc(Br)cn1. The molecule has 0 saturated carbocycles. The van der Waals surface area contributed by atoms with Gasteiger partial charge < -0.3 is 4.90 Å². The number of piperidine rings is 1. The molecule has 0 aromatic carbocycles. The number of nitrogens with zero attached hydrogens (tertiary/aromatic N) is 5. The van der Waals surface area contributed by atoms with E-state index in [-0.39, 0.29) is 11.7 Å². The summed E-state index contributed by atoms with van der Waals surface area (Å²) < 4.78 is 16.7. The third-order valence-electron chi connectivity index (χ3n) is 4.38. The molecule has 4 rings (SSSR count). The Labute approximate surface area is 151 Å². The third kappa shape index (κ3) is 2.90. The standard InChI is InChI=1S/C17H15BrFN5O/c18-11-9-20-16(21-10-11)12-5-1-3-7-23(12)17(25)14-15(19)24-8-4-2-6-13(24)22-14/h2,4,6,8-10,12H,1,3,5,7H2. The van der Waals surface area contributed by atoms with E-state index in [2.05, 4.69) is 30.9 Å². The monoisotopic (exact) mass is 403 g/mol. The van der Waals surface area contributed by atoms with Crippen LogP contribution in [0, 0.1) is 5.95 Å². The van der Waals surface area contributed by atoms with Gasteiger partial charge in [-0.2, -0.15) is 4.39 Å². The van der Waals surface area contributed by atoms with E-state index in [1.54, 1.807) is 41.7 Å². The molecule has 0 radical (unpaired) electrons. The fourth-order valence-electron chi connectivity index (χ4n) is 3.18. The molecular weight excluding hydrogens is 389 g/mol. The number of carbonyl (C=O) groups excluding carboxylic acids is 1. The molecule has 1 fully saturated rings. The maximum absolute atomic E-state index is 14.6. The molecule has 1 saturated heterocycles. The van der Waals surface area contributed by atoms with Gasteiger partial charge >= 0.3 is 0 Å². The number of aromatic nitrogens is 4. The van der Waals surface area contributed by atoms with Gasteiger partial charge in [-0.05, 0) is 47.3 Å². The number of likely N-dealkylation sites (tertiary alicyclic amines) is 1. The van der Waals surface area contributed by atoms with Gasteiger partial charge in [0.15, 0.2) is 11.5 Å².